The zero-order valence-electron chi connectivity index (χ0n) is 17.9. The Morgan fingerprint density at radius 1 is 1.16 bits per heavy atom. The molecule has 2 aromatic rings. The third kappa shape index (κ3) is 4.28. The number of piperidine rings is 1. The molecule has 2 aromatic carbocycles. The standard InChI is InChI=1S/C24H28FN3O3/c1-17(22-11-14-26-28(22)20-7-5-19(25)6-8-20)24(30)12-15-27(16-13-24)23(29)18-3-9-21(31-2)10-4-18/h3-10,14,17,22,30H,11-13,15-16H2,1-2H3. The molecular formula is C24H28FN3O3. The van der Waals surface area contributed by atoms with Gasteiger partial charge in [0.15, 0.2) is 0 Å². The molecular weight excluding hydrogens is 397 g/mol. The van der Waals surface area contributed by atoms with Crippen molar-refractivity contribution < 1.29 is 19.0 Å². The van der Waals surface area contributed by atoms with E-state index >= 15 is 0 Å². The minimum absolute atomic E-state index is 0.0145. The summed E-state index contributed by atoms with van der Waals surface area (Å²) in [4.78, 5) is 14.6. The highest BCUT2D eigenvalue weighted by Gasteiger charge is 2.44. The van der Waals surface area contributed by atoms with E-state index in [-0.39, 0.29) is 23.7 Å². The van der Waals surface area contributed by atoms with E-state index in [4.69, 9.17) is 4.74 Å². The summed E-state index contributed by atoms with van der Waals surface area (Å²) in [5.41, 5.74) is 0.529. The third-order valence-electron chi connectivity index (χ3n) is 6.64. The van der Waals surface area contributed by atoms with Gasteiger partial charge in [-0.05, 0) is 61.4 Å². The fourth-order valence-electron chi connectivity index (χ4n) is 4.52. The molecule has 6 nitrogen and oxygen atoms in total. The molecule has 0 radical (unpaired) electrons. The summed E-state index contributed by atoms with van der Waals surface area (Å²) in [7, 11) is 1.59. The molecule has 4 rings (SSSR count). The first-order valence-electron chi connectivity index (χ1n) is 10.6. The SMILES string of the molecule is COc1ccc(C(=O)N2CCC(O)(C(C)C3CC=NN3c3ccc(F)cc3)CC2)cc1. The molecule has 0 bridgehead atoms. The molecule has 2 aliphatic heterocycles. The van der Waals surface area contributed by atoms with E-state index in [0.717, 1.165) is 12.1 Å². The summed E-state index contributed by atoms with van der Waals surface area (Å²) in [6, 6.07) is 13.3. The summed E-state index contributed by atoms with van der Waals surface area (Å²) >= 11 is 0. The summed E-state index contributed by atoms with van der Waals surface area (Å²) in [5.74, 6) is 0.319. The van der Waals surface area contributed by atoms with Crippen LogP contribution in [0.2, 0.25) is 0 Å². The van der Waals surface area contributed by atoms with Gasteiger partial charge in [0, 0.05) is 37.2 Å². The molecule has 2 heterocycles. The lowest BCUT2D eigenvalue weighted by Crippen LogP contribution is -2.54. The number of halogens is 1. The molecule has 1 saturated heterocycles. The van der Waals surface area contributed by atoms with Gasteiger partial charge in [0.25, 0.3) is 5.91 Å². The van der Waals surface area contributed by atoms with Crippen LogP contribution in [0.15, 0.2) is 53.6 Å². The second-order valence-corrected chi connectivity index (χ2v) is 8.34. The van der Waals surface area contributed by atoms with Crippen LogP contribution in [0.4, 0.5) is 10.1 Å². The van der Waals surface area contributed by atoms with E-state index in [9.17, 15) is 14.3 Å². The molecule has 1 fully saturated rings. The van der Waals surface area contributed by atoms with Crippen molar-refractivity contribution in [3.05, 3.63) is 59.9 Å². The number of ether oxygens (including phenoxy) is 1. The van der Waals surface area contributed by atoms with Crippen molar-refractivity contribution in [2.24, 2.45) is 11.0 Å². The van der Waals surface area contributed by atoms with Gasteiger partial charge in [-0.25, -0.2) is 4.39 Å². The van der Waals surface area contributed by atoms with Crippen molar-refractivity contribution in [1.82, 2.24) is 4.90 Å². The highest BCUT2D eigenvalue weighted by atomic mass is 19.1. The Morgan fingerprint density at radius 3 is 2.42 bits per heavy atom. The van der Waals surface area contributed by atoms with E-state index in [0.29, 0.717) is 37.2 Å². The summed E-state index contributed by atoms with van der Waals surface area (Å²) < 4.78 is 18.5. The quantitative estimate of drug-likeness (QED) is 0.793. The largest absolute Gasteiger partial charge is 0.497 e. The number of amides is 1. The zero-order valence-corrected chi connectivity index (χ0v) is 17.9. The fraction of sp³-hybridized carbons (Fsp3) is 0.417. The molecule has 0 saturated carbocycles. The number of hydrazone groups is 1. The lowest BCUT2D eigenvalue weighted by molar-refractivity contribution is -0.0630. The van der Waals surface area contributed by atoms with Crippen molar-refractivity contribution in [3.63, 3.8) is 0 Å². The lowest BCUT2D eigenvalue weighted by Gasteiger charge is -2.45. The van der Waals surface area contributed by atoms with E-state index in [1.54, 1.807) is 48.4 Å². The average molecular weight is 426 g/mol. The number of rotatable bonds is 5. The molecule has 1 amide bonds. The van der Waals surface area contributed by atoms with Crippen LogP contribution in [-0.2, 0) is 0 Å². The third-order valence-corrected chi connectivity index (χ3v) is 6.64. The number of likely N-dealkylation sites (tertiary alicyclic amines) is 1. The first-order valence-corrected chi connectivity index (χ1v) is 10.6. The molecule has 0 spiro atoms. The lowest BCUT2D eigenvalue weighted by atomic mass is 9.76. The van der Waals surface area contributed by atoms with Gasteiger partial charge >= 0.3 is 0 Å². The number of aliphatic hydroxyl groups is 1. The topological polar surface area (TPSA) is 65.4 Å². The van der Waals surface area contributed by atoms with Crippen LogP contribution >= 0.6 is 0 Å². The normalized spacial score (nSPS) is 21.2. The maximum Gasteiger partial charge on any atom is 0.253 e. The molecule has 31 heavy (non-hydrogen) atoms. The van der Waals surface area contributed by atoms with Crippen LogP contribution in [0.3, 0.4) is 0 Å². The van der Waals surface area contributed by atoms with Crippen LogP contribution in [0.1, 0.15) is 36.5 Å². The number of methoxy groups -OCH3 is 1. The van der Waals surface area contributed by atoms with Gasteiger partial charge in [-0.1, -0.05) is 6.92 Å². The van der Waals surface area contributed by atoms with Crippen LogP contribution in [0, 0.1) is 11.7 Å². The number of carbonyl (C=O) groups excluding carboxylic acids is 1. The van der Waals surface area contributed by atoms with Crippen LogP contribution in [0.5, 0.6) is 5.75 Å². The molecule has 1 N–H and O–H groups in total. The minimum Gasteiger partial charge on any atom is -0.497 e. The molecule has 7 heteroatoms. The average Bonchev–Trinajstić information content (AvgIpc) is 3.29. The van der Waals surface area contributed by atoms with Crippen molar-refractivity contribution in [1.29, 1.82) is 0 Å². The Bertz CT molecular complexity index is 938. The van der Waals surface area contributed by atoms with Gasteiger partial charge < -0.3 is 14.7 Å². The Kier molecular flexibility index (Phi) is 5.96. The van der Waals surface area contributed by atoms with Crippen molar-refractivity contribution in [2.45, 2.75) is 37.8 Å². The number of carbonyl (C=O) groups is 1. The van der Waals surface area contributed by atoms with E-state index in [1.807, 2.05) is 18.1 Å². The Morgan fingerprint density at radius 2 is 1.81 bits per heavy atom. The summed E-state index contributed by atoms with van der Waals surface area (Å²) in [6.07, 6.45) is 3.57. The predicted octanol–water partition coefficient (Wildman–Crippen LogP) is 3.70. The Labute approximate surface area is 181 Å². The van der Waals surface area contributed by atoms with Crippen LogP contribution in [-0.4, -0.2) is 54.0 Å². The number of anilines is 1. The summed E-state index contributed by atoms with van der Waals surface area (Å²) in [5, 5.41) is 17.8. The Hall–Kier alpha value is -2.93. The zero-order chi connectivity index (χ0) is 22.0. The van der Waals surface area contributed by atoms with Crippen LogP contribution < -0.4 is 9.75 Å². The van der Waals surface area contributed by atoms with Gasteiger partial charge in [0.05, 0.1) is 24.4 Å². The molecule has 2 aliphatic rings. The van der Waals surface area contributed by atoms with E-state index in [1.165, 1.54) is 12.1 Å². The second-order valence-electron chi connectivity index (χ2n) is 8.34. The summed E-state index contributed by atoms with van der Waals surface area (Å²) in [6.45, 7) is 3.03. The maximum atomic E-state index is 13.3. The molecule has 0 aromatic heterocycles. The molecule has 2 atom stereocenters. The van der Waals surface area contributed by atoms with Gasteiger partial charge in [-0.2, -0.15) is 5.10 Å². The van der Waals surface area contributed by atoms with Crippen molar-refractivity contribution >= 4 is 17.8 Å². The number of hydrogen-bond acceptors (Lipinski definition) is 5. The predicted molar refractivity (Wildman–Crippen MR) is 118 cm³/mol. The van der Waals surface area contributed by atoms with Crippen molar-refractivity contribution in [2.75, 3.05) is 25.2 Å². The number of nitrogens with zero attached hydrogens (tertiary/aromatic N) is 3. The van der Waals surface area contributed by atoms with Gasteiger partial charge in [0.2, 0.25) is 0 Å². The first-order chi connectivity index (χ1) is 14.9. The number of benzene rings is 2. The Balaban J connectivity index is 1.41. The fourth-order valence-corrected chi connectivity index (χ4v) is 4.52. The highest BCUT2D eigenvalue weighted by Crippen LogP contribution is 2.38. The molecule has 2 unspecified atom stereocenters. The van der Waals surface area contributed by atoms with Gasteiger partial charge in [-0.15, -0.1) is 0 Å². The van der Waals surface area contributed by atoms with Crippen LogP contribution in [0.25, 0.3) is 0 Å². The molecule has 164 valence electrons. The maximum absolute atomic E-state index is 13.3. The monoisotopic (exact) mass is 425 g/mol. The van der Waals surface area contributed by atoms with E-state index < -0.39 is 5.60 Å². The number of hydrogen-bond donors (Lipinski definition) is 1. The van der Waals surface area contributed by atoms with E-state index in [2.05, 4.69) is 5.10 Å². The molecule has 0 aliphatic carbocycles. The smallest absolute Gasteiger partial charge is 0.253 e. The minimum atomic E-state index is -0.896. The first kappa shape index (κ1) is 21.3. The van der Waals surface area contributed by atoms with Gasteiger partial charge in [0.1, 0.15) is 11.6 Å². The van der Waals surface area contributed by atoms with Gasteiger partial charge in [-0.3, -0.25) is 9.80 Å². The highest BCUT2D eigenvalue weighted by molar-refractivity contribution is 5.94. The second kappa shape index (κ2) is 8.67. The van der Waals surface area contributed by atoms with Crippen molar-refractivity contribution in [3.8, 4) is 5.75 Å².